The number of carbonyl (C=O) groups excluding carboxylic acids is 1. The molecule has 6 heteroatoms. The van der Waals surface area contributed by atoms with E-state index in [1.165, 1.54) is 18.2 Å². The minimum Gasteiger partial charge on any atom is -0.289 e. The van der Waals surface area contributed by atoms with Crippen LogP contribution in [0.15, 0.2) is 52.9 Å². The Morgan fingerprint density at radius 1 is 1.00 bits per heavy atom. The number of hydrogen-bond acceptors (Lipinski definition) is 3. The largest absolute Gasteiger partial charge is 0.289 e. The zero-order valence-corrected chi connectivity index (χ0v) is 13.5. The molecule has 0 saturated carbocycles. The molecule has 0 amide bonds. The van der Waals surface area contributed by atoms with E-state index in [4.69, 9.17) is 23.2 Å². The van der Waals surface area contributed by atoms with Gasteiger partial charge in [0, 0.05) is 11.1 Å². The van der Waals surface area contributed by atoms with Crippen LogP contribution in [-0.2, 0) is 9.84 Å². The fourth-order valence-corrected chi connectivity index (χ4v) is 4.30. The molecule has 0 N–H and O–H groups in total. The Balaban J connectivity index is 2.17. The molecule has 112 valence electrons. The first-order valence-corrected chi connectivity index (χ1v) is 8.82. The third kappa shape index (κ3) is 2.58. The summed E-state index contributed by atoms with van der Waals surface area (Å²) in [5.74, 6) is -0.646. The molecule has 0 saturated heterocycles. The van der Waals surface area contributed by atoms with E-state index in [-0.39, 0.29) is 27.6 Å². The number of carbonyl (C=O) groups is 1. The summed E-state index contributed by atoms with van der Waals surface area (Å²) in [6.45, 7) is 0. The van der Waals surface area contributed by atoms with Gasteiger partial charge in [0.05, 0.1) is 20.7 Å². The number of benzene rings is 2. The Bertz CT molecular complexity index is 915. The first kappa shape index (κ1) is 15.3. The van der Waals surface area contributed by atoms with Crippen LogP contribution >= 0.6 is 23.2 Å². The summed E-state index contributed by atoms with van der Waals surface area (Å²) in [5, 5.41) is 0.642. The number of fused-ring (bicyclic) bond motifs is 1. The van der Waals surface area contributed by atoms with Gasteiger partial charge in [-0.2, -0.15) is 0 Å². The van der Waals surface area contributed by atoms with Crippen molar-refractivity contribution in [1.29, 1.82) is 0 Å². The molecule has 0 aromatic heterocycles. The molecule has 3 nitrogen and oxygen atoms in total. The second-order valence-electron chi connectivity index (χ2n) is 4.90. The van der Waals surface area contributed by atoms with Gasteiger partial charge in [0.2, 0.25) is 0 Å². The van der Waals surface area contributed by atoms with Crippen LogP contribution in [0.1, 0.15) is 15.9 Å². The molecule has 0 fully saturated rings. The maximum absolute atomic E-state index is 12.5. The van der Waals surface area contributed by atoms with Crippen molar-refractivity contribution in [2.45, 2.75) is 4.90 Å². The van der Waals surface area contributed by atoms with E-state index in [1.807, 2.05) is 0 Å². The SMILES string of the molecule is O=C1/C(=C/c2cccc(Cl)c2Cl)CS(=O)(=O)c2ccccc21. The van der Waals surface area contributed by atoms with Crippen LogP contribution in [0.4, 0.5) is 0 Å². The van der Waals surface area contributed by atoms with E-state index < -0.39 is 9.84 Å². The van der Waals surface area contributed by atoms with Gasteiger partial charge in [0.25, 0.3) is 0 Å². The third-order valence-electron chi connectivity index (χ3n) is 3.42. The standard InChI is InChI=1S/C16H10Cl2O3S/c17-13-6-3-4-10(15(13)18)8-11-9-22(20,21)14-7-2-1-5-12(14)16(11)19/h1-8H,9H2/b11-8+. The maximum Gasteiger partial charge on any atom is 0.191 e. The highest BCUT2D eigenvalue weighted by molar-refractivity contribution is 7.91. The highest BCUT2D eigenvalue weighted by Crippen LogP contribution is 2.32. The Labute approximate surface area is 138 Å². The summed E-state index contributed by atoms with van der Waals surface area (Å²) in [4.78, 5) is 12.6. The lowest BCUT2D eigenvalue weighted by Gasteiger charge is -2.18. The van der Waals surface area contributed by atoms with Crippen LogP contribution in [0.5, 0.6) is 0 Å². The highest BCUT2D eigenvalue weighted by atomic mass is 35.5. The lowest BCUT2D eigenvalue weighted by Crippen LogP contribution is -2.24. The molecule has 3 rings (SSSR count). The molecule has 1 aliphatic heterocycles. The second-order valence-corrected chi connectivity index (χ2v) is 7.64. The van der Waals surface area contributed by atoms with E-state index >= 15 is 0 Å². The van der Waals surface area contributed by atoms with Gasteiger partial charge in [-0.3, -0.25) is 4.79 Å². The Hall–Kier alpha value is -1.62. The van der Waals surface area contributed by atoms with Gasteiger partial charge >= 0.3 is 0 Å². The van der Waals surface area contributed by atoms with Crippen molar-refractivity contribution in [3.63, 3.8) is 0 Å². The van der Waals surface area contributed by atoms with E-state index in [2.05, 4.69) is 0 Å². The van der Waals surface area contributed by atoms with Crippen LogP contribution < -0.4 is 0 Å². The van der Waals surface area contributed by atoms with E-state index in [9.17, 15) is 13.2 Å². The Morgan fingerprint density at radius 2 is 1.73 bits per heavy atom. The molecule has 0 spiro atoms. The van der Waals surface area contributed by atoms with Crippen LogP contribution in [-0.4, -0.2) is 20.0 Å². The minimum atomic E-state index is -3.53. The topological polar surface area (TPSA) is 51.2 Å². The van der Waals surface area contributed by atoms with Crippen molar-refractivity contribution in [2.75, 3.05) is 5.75 Å². The van der Waals surface area contributed by atoms with E-state index in [0.717, 1.165) is 0 Å². The maximum atomic E-state index is 12.5. The first-order valence-electron chi connectivity index (χ1n) is 6.41. The normalized spacial score (nSPS) is 18.3. The molecule has 22 heavy (non-hydrogen) atoms. The van der Waals surface area contributed by atoms with Crippen molar-refractivity contribution in [3.05, 3.63) is 69.2 Å². The summed E-state index contributed by atoms with van der Waals surface area (Å²) in [6, 6.07) is 11.2. The molecule has 0 bridgehead atoms. The van der Waals surface area contributed by atoms with Crippen molar-refractivity contribution in [2.24, 2.45) is 0 Å². The summed E-state index contributed by atoms with van der Waals surface area (Å²) in [7, 11) is -3.53. The van der Waals surface area contributed by atoms with Crippen molar-refractivity contribution in [3.8, 4) is 0 Å². The molecule has 1 heterocycles. The van der Waals surface area contributed by atoms with E-state index in [0.29, 0.717) is 15.6 Å². The number of sulfone groups is 1. The zero-order valence-electron chi connectivity index (χ0n) is 11.2. The lowest BCUT2D eigenvalue weighted by atomic mass is 10.0. The number of rotatable bonds is 1. The first-order chi connectivity index (χ1) is 10.4. The van der Waals surface area contributed by atoms with Crippen molar-refractivity contribution in [1.82, 2.24) is 0 Å². The summed E-state index contributed by atoms with van der Waals surface area (Å²) in [5.41, 5.74) is 0.896. The quantitative estimate of drug-likeness (QED) is 0.727. The number of hydrogen-bond donors (Lipinski definition) is 0. The molecule has 0 unspecified atom stereocenters. The number of ketones is 1. The fourth-order valence-electron chi connectivity index (χ4n) is 2.37. The van der Waals surface area contributed by atoms with Gasteiger partial charge in [0.1, 0.15) is 0 Å². The van der Waals surface area contributed by atoms with Gasteiger partial charge < -0.3 is 0 Å². The number of halogens is 2. The van der Waals surface area contributed by atoms with Crippen LogP contribution in [0.2, 0.25) is 10.0 Å². The molecule has 2 aromatic rings. The molecule has 0 radical (unpaired) electrons. The molecule has 1 aliphatic rings. The predicted octanol–water partition coefficient (Wildman–Crippen LogP) is 4.05. The smallest absolute Gasteiger partial charge is 0.191 e. The molecule has 0 atom stereocenters. The Morgan fingerprint density at radius 3 is 2.50 bits per heavy atom. The molecule has 2 aromatic carbocycles. The molecule has 0 aliphatic carbocycles. The van der Waals surface area contributed by atoms with Crippen molar-refractivity contribution < 1.29 is 13.2 Å². The van der Waals surface area contributed by atoms with Gasteiger partial charge in [-0.15, -0.1) is 0 Å². The fraction of sp³-hybridized carbons (Fsp3) is 0.0625. The van der Waals surface area contributed by atoms with Gasteiger partial charge in [-0.25, -0.2) is 8.42 Å². The van der Waals surface area contributed by atoms with Gasteiger partial charge in [-0.1, -0.05) is 47.5 Å². The monoisotopic (exact) mass is 352 g/mol. The summed E-state index contributed by atoms with van der Waals surface area (Å²) >= 11 is 12.0. The zero-order chi connectivity index (χ0) is 15.9. The summed E-state index contributed by atoms with van der Waals surface area (Å²) < 4.78 is 24.6. The van der Waals surface area contributed by atoms with Crippen LogP contribution in [0.3, 0.4) is 0 Å². The second kappa shape index (κ2) is 5.54. The van der Waals surface area contributed by atoms with Crippen molar-refractivity contribution >= 4 is 44.9 Å². The Kier molecular flexibility index (Phi) is 3.85. The average molecular weight is 353 g/mol. The van der Waals surface area contributed by atoms with Crippen LogP contribution in [0.25, 0.3) is 6.08 Å². The predicted molar refractivity (Wildman–Crippen MR) is 87.3 cm³/mol. The van der Waals surface area contributed by atoms with E-state index in [1.54, 1.807) is 30.3 Å². The minimum absolute atomic E-state index is 0.0781. The number of Topliss-reactive ketones (excluding diaryl/α,β-unsaturated/α-hetero) is 1. The van der Waals surface area contributed by atoms with Gasteiger partial charge in [-0.05, 0) is 29.8 Å². The van der Waals surface area contributed by atoms with Crippen LogP contribution in [0, 0.1) is 0 Å². The average Bonchev–Trinajstić information content (AvgIpc) is 2.49. The third-order valence-corrected chi connectivity index (χ3v) is 5.97. The highest BCUT2D eigenvalue weighted by Gasteiger charge is 2.32. The summed E-state index contributed by atoms with van der Waals surface area (Å²) in [6.07, 6.45) is 1.49. The molecular weight excluding hydrogens is 343 g/mol. The lowest BCUT2D eigenvalue weighted by molar-refractivity contribution is 0.103. The molecular formula is C16H10Cl2O3S. The van der Waals surface area contributed by atoms with Gasteiger partial charge in [0.15, 0.2) is 15.6 Å².